The number of rotatable bonds is 4. The lowest BCUT2D eigenvalue weighted by molar-refractivity contribution is -0.138. The molecule has 0 heterocycles. The van der Waals surface area contributed by atoms with E-state index in [1.54, 1.807) is 11.8 Å². The van der Waals surface area contributed by atoms with Gasteiger partial charge in [0.1, 0.15) is 0 Å². The minimum Gasteiger partial charge on any atom is -0.481 e. The van der Waals surface area contributed by atoms with Crippen LogP contribution in [-0.4, -0.2) is 23.9 Å². The number of hydrogen-bond acceptors (Lipinski definition) is 3. The fraction of sp³-hybridized carbons (Fsp3) is 0.364. The second-order valence-corrected chi connectivity index (χ2v) is 4.22. The summed E-state index contributed by atoms with van der Waals surface area (Å²) in [6, 6.07) is 5.76. The van der Waals surface area contributed by atoms with E-state index >= 15 is 0 Å². The minimum absolute atomic E-state index is 0.131. The normalized spacial score (nSPS) is 12.5. The highest BCUT2D eigenvalue weighted by Crippen LogP contribution is 2.28. The van der Waals surface area contributed by atoms with Crippen LogP contribution in [0.1, 0.15) is 17.0 Å². The number of nitrogens with two attached hydrogens (primary N) is 1. The lowest BCUT2D eigenvalue weighted by Crippen LogP contribution is -2.21. The van der Waals surface area contributed by atoms with Gasteiger partial charge in [0, 0.05) is 11.4 Å². The number of aryl methyl sites for hydroxylation is 1. The van der Waals surface area contributed by atoms with Crippen LogP contribution < -0.4 is 5.73 Å². The predicted molar refractivity (Wildman–Crippen MR) is 62.4 cm³/mol. The van der Waals surface area contributed by atoms with Crippen LogP contribution in [-0.2, 0) is 4.79 Å². The third-order valence-corrected chi connectivity index (χ3v) is 3.09. The molecule has 0 bridgehead atoms. The van der Waals surface area contributed by atoms with Gasteiger partial charge in [0.05, 0.1) is 5.92 Å². The monoisotopic (exact) mass is 225 g/mol. The van der Waals surface area contributed by atoms with Gasteiger partial charge in [-0.05, 0) is 30.4 Å². The van der Waals surface area contributed by atoms with Gasteiger partial charge in [0.15, 0.2) is 0 Å². The second-order valence-electron chi connectivity index (χ2n) is 3.37. The Morgan fingerprint density at radius 3 is 2.73 bits per heavy atom. The van der Waals surface area contributed by atoms with Gasteiger partial charge in [-0.25, -0.2) is 0 Å². The topological polar surface area (TPSA) is 63.3 Å². The van der Waals surface area contributed by atoms with E-state index in [1.807, 2.05) is 31.4 Å². The maximum absolute atomic E-state index is 11.0. The van der Waals surface area contributed by atoms with Gasteiger partial charge in [-0.15, -0.1) is 11.8 Å². The Labute approximate surface area is 93.7 Å². The molecule has 1 unspecified atom stereocenters. The van der Waals surface area contributed by atoms with Crippen molar-refractivity contribution in [2.24, 2.45) is 5.73 Å². The Kier molecular flexibility index (Phi) is 4.17. The first kappa shape index (κ1) is 12.1. The first-order valence-electron chi connectivity index (χ1n) is 4.67. The van der Waals surface area contributed by atoms with Gasteiger partial charge in [-0.3, -0.25) is 4.79 Å². The van der Waals surface area contributed by atoms with E-state index in [0.29, 0.717) is 0 Å². The summed E-state index contributed by atoms with van der Waals surface area (Å²) in [5.74, 6) is -1.47. The molecule has 0 aromatic heterocycles. The Balaban J connectivity index is 3.16. The number of aliphatic carboxylic acids is 1. The third kappa shape index (κ3) is 2.73. The van der Waals surface area contributed by atoms with E-state index in [2.05, 4.69) is 0 Å². The van der Waals surface area contributed by atoms with E-state index in [-0.39, 0.29) is 6.54 Å². The van der Waals surface area contributed by atoms with Gasteiger partial charge in [-0.1, -0.05) is 12.1 Å². The molecule has 1 rings (SSSR count). The lowest BCUT2D eigenvalue weighted by Gasteiger charge is -2.14. The second kappa shape index (κ2) is 5.19. The van der Waals surface area contributed by atoms with Crippen molar-refractivity contribution in [3.63, 3.8) is 0 Å². The van der Waals surface area contributed by atoms with Crippen LogP contribution in [0, 0.1) is 6.92 Å². The Hall–Kier alpha value is -1.00. The van der Waals surface area contributed by atoms with Crippen LogP contribution in [0.2, 0.25) is 0 Å². The molecule has 4 heteroatoms. The zero-order chi connectivity index (χ0) is 11.4. The summed E-state index contributed by atoms with van der Waals surface area (Å²) in [4.78, 5) is 12.0. The Bertz CT molecular complexity index is 366. The van der Waals surface area contributed by atoms with Crippen molar-refractivity contribution in [3.05, 3.63) is 29.3 Å². The molecule has 0 spiro atoms. The van der Waals surface area contributed by atoms with E-state index in [0.717, 1.165) is 16.0 Å². The summed E-state index contributed by atoms with van der Waals surface area (Å²) in [5.41, 5.74) is 7.41. The molecule has 1 aromatic carbocycles. The van der Waals surface area contributed by atoms with Crippen molar-refractivity contribution in [2.75, 3.05) is 12.8 Å². The molecule has 0 saturated carbocycles. The molecule has 0 amide bonds. The quantitative estimate of drug-likeness (QED) is 0.767. The minimum atomic E-state index is -0.864. The number of carboxylic acid groups (broad SMARTS) is 1. The predicted octanol–water partition coefficient (Wildman–Crippen LogP) is 1.84. The molecule has 0 radical (unpaired) electrons. The largest absolute Gasteiger partial charge is 0.481 e. The van der Waals surface area contributed by atoms with Crippen molar-refractivity contribution < 1.29 is 9.90 Å². The van der Waals surface area contributed by atoms with Gasteiger partial charge in [0.2, 0.25) is 0 Å². The number of carboxylic acids is 1. The number of carbonyl (C=O) groups is 1. The molecular formula is C11H15NO2S. The molecule has 1 aromatic rings. The summed E-state index contributed by atoms with van der Waals surface area (Å²) in [7, 11) is 0. The molecule has 1 atom stereocenters. The Morgan fingerprint density at radius 1 is 1.60 bits per heavy atom. The molecule has 0 aliphatic rings. The fourth-order valence-corrected chi connectivity index (χ4v) is 2.22. The van der Waals surface area contributed by atoms with Crippen LogP contribution in [0.25, 0.3) is 0 Å². The molecule has 3 nitrogen and oxygen atoms in total. The zero-order valence-electron chi connectivity index (χ0n) is 8.86. The SMILES string of the molecule is CSc1cc(C)ccc1C(CN)C(=O)O. The third-order valence-electron chi connectivity index (χ3n) is 2.30. The lowest BCUT2D eigenvalue weighted by atomic mass is 9.98. The standard InChI is InChI=1S/C11H15NO2S/c1-7-3-4-8(10(5-7)15-2)9(6-12)11(13)14/h3-5,9H,6,12H2,1-2H3,(H,13,14). The van der Waals surface area contributed by atoms with E-state index in [4.69, 9.17) is 10.8 Å². The fourth-order valence-electron chi connectivity index (χ4n) is 1.47. The smallest absolute Gasteiger partial charge is 0.312 e. The van der Waals surface area contributed by atoms with E-state index in [9.17, 15) is 4.79 Å². The molecule has 0 fully saturated rings. The summed E-state index contributed by atoms with van der Waals surface area (Å²) in [6.45, 7) is 2.12. The zero-order valence-corrected chi connectivity index (χ0v) is 9.67. The average molecular weight is 225 g/mol. The molecule has 0 aliphatic heterocycles. The molecule has 3 N–H and O–H groups in total. The van der Waals surface area contributed by atoms with Crippen molar-refractivity contribution in [2.45, 2.75) is 17.7 Å². The number of benzene rings is 1. The van der Waals surface area contributed by atoms with Crippen LogP contribution in [0.4, 0.5) is 0 Å². The van der Waals surface area contributed by atoms with Crippen LogP contribution in [0.15, 0.2) is 23.1 Å². The van der Waals surface area contributed by atoms with Crippen molar-refractivity contribution in [1.29, 1.82) is 0 Å². The Morgan fingerprint density at radius 2 is 2.27 bits per heavy atom. The van der Waals surface area contributed by atoms with E-state index in [1.165, 1.54) is 0 Å². The van der Waals surface area contributed by atoms with Crippen molar-refractivity contribution >= 4 is 17.7 Å². The van der Waals surface area contributed by atoms with Crippen LogP contribution >= 0.6 is 11.8 Å². The van der Waals surface area contributed by atoms with Crippen LogP contribution in [0.5, 0.6) is 0 Å². The number of hydrogen-bond donors (Lipinski definition) is 2. The number of thioether (sulfide) groups is 1. The van der Waals surface area contributed by atoms with Gasteiger partial charge in [0.25, 0.3) is 0 Å². The molecule has 15 heavy (non-hydrogen) atoms. The average Bonchev–Trinajstić information content (AvgIpc) is 2.20. The maximum atomic E-state index is 11.0. The molecule has 0 saturated heterocycles. The highest BCUT2D eigenvalue weighted by atomic mass is 32.2. The molecular weight excluding hydrogens is 210 g/mol. The molecule has 0 aliphatic carbocycles. The van der Waals surface area contributed by atoms with Gasteiger partial charge >= 0.3 is 5.97 Å². The van der Waals surface area contributed by atoms with Crippen molar-refractivity contribution in [3.8, 4) is 0 Å². The van der Waals surface area contributed by atoms with Gasteiger partial charge in [-0.2, -0.15) is 0 Å². The summed E-state index contributed by atoms with van der Waals surface area (Å²) in [5, 5.41) is 9.03. The van der Waals surface area contributed by atoms with Crippen LogP contribution in [0.3, 0.4) is 0 Å². The summed E-state index contributed by atoms with van der Waals surface area (Å²) in [6.07, 6.45) is 1.94. The highest BCUT2D eigenvalue weighted by molar-refractivity contribution is 7.98. The maximum Gasteiger partial charge on any atom is 0.312 e. The van der Waals surface area contributed by atoms with E-state index < -0.39 is 11.9 Å². The highest BCUT2D eigenvalue weighted by Gasteiger charge is 2.20. The van der Waals surface area contributed by atoms with Gasteiger partial charge < -0.3 is 10.8 Å². The van der Waals surface area contributed by atoms with Crippen molar-refractivity contribution in [1.82, 2.24) is 0 Å². The first-order valence-corrected chi connectivity index (χ1v) is 5.90. The summed E-state index contributed by atoms with van der Waals surface area (Å²) < 4.78 is 0. The summed E-state index contributed by atoms with van der Waals surface area (Å²) >= 11 is 1.55. The first-order chi connectivity index (χ1) is 7.10. The molecule has 82 valence electrons.